The van der Waals surface area contributed by atoms with Crippen LogP contribution in [0.5, 0.6) is 0 Å². The van der Waals surface area contributed by atoms with Gasteiger partial charge in [-0.25, -0.2) is 15.0 Å². The largest absolute Gasteiger partial charge is 1.00 e. The maximum atomic E-state index is 10.5. The molecule has 2 heterocycles. The minimum Gasteiger partial charge on any atom is -0.809 e. The Bertz CT molecular complexity index is 699. The zero-order valence-corrected chi connectivity index (χ0v) is 19.0. The first-order valence-corrected chi connectivity index (χ1v) is 8.39. The maximum Gasteiger partial charge on any atom is 1.00 e. The number of imidazole rings is 1. The Morgan fingerprint density at radius 1 is 1.28 bits per heavy atom. The molecule has 0 aliphatic rings. The van der Waals surface area contributed by atoms with E-state index in [4.69, 9.17) is 20.3 Å². The summed E-state index contributed by atoms with van der Waals surface area (Å²) in [6.07, 6.45) is 1.43. The van der Waals surface area contributed by atoms with Crippen molar-refractivity contribution in [1.29, 1.82) is 0 Å². The molecule has 3 N–H and O–H groups in total. The fraction of sp³-hybridized carbons (Fsp3) is 0.545. The van der Waals surface area contributed by atoms with Gasteiger partial charge >= 0.3 is 59.1 Å². The van der Waals surface area contributed by atoms with E-state index in [0.717, 1.165) is 0 Å². The zero-order chi connectivity index (χ0) is 16.9. The van der Waals surface area contributed by atoms with Crippen molar-refractivity contribution in [2.45, 2.75) is 12.6 Å². The molecule has 0 unspecified atom stereocenters. The van der Waals surface area contributed by atoms with Crippen LogP contribution < -0.4 is 74.6 Å². The molecule has 0 saturated heterocycles. The van der Waals surface area contributed by atoms with E-state index in [0.29, 0.717) is 11.2 Å². The fourth-order valence-corrected chi connectivity index (χ4v) is 2.29. The molecule has 2 aromatic rings. The summed E-state index contributed by atoms with van der Waals surface area (Å²) >= 11 is 0. The average Bonchev–Trinajstić information content (AvgIpc) is 2.91. The van der Waals surface area contributed by atoms with Crippen molar-refractivity contribution >= 4 is 24.6 Å². The SMILES string of the molecule is Nc1ncnc2c1ncn2[C@H](CCOCP(=O)([O-])[O-])OCCO.[Na+].[Na+]. The standard InChI is InChI=1S/C11H18N5O6P.2Na/c12-10-9-11(14-5-13-10)16(6-15-9)8(22-4-2-17)1-3-21-7-23(18,19)20;;/h5-6,8,17H,1-4,7H2,(H2,12,13,14)(H2,18,19,20);;/q;2*+1/p-2/t8-;;/m0../s1. The number of anilines is 1. The molecule has 128 valence electrons. The monoisotopic (exact) mass is 391 g/mol. The molecule has 0 amide bonds. The van der Waals surface area contributed by atoms with Gasteiger partial charge in [-0.3, -0.25) is 4.57 Å². The number of nitrogen functional groups attached to an aromatic ring is 1. The van der Waals surface area contributed by atoms with Crippen molar-refractivity contribution in [3.05, 3.63) is 12.7 Å². The molecule has 0 fully saturated rings. The molecular formula is C11H16N5Na2O6P. The number of hydrogen-bond acceptors (Lipinski definition) is 10. The predicted molar refractivity (Wildman–Crippen MR) is 74.9 cm³/mol. The van der Waals surface area contributed by atoms with Crippen molar-refractivity contribution in [3.8, 4) is 0 Å². The Hall–Kier alpha value is 0.380. The Morgan fingerprint density at radius 2 is 2.00 bits per heavy atom. The van der Waals surface area contributed by atoms with Gasteiger partial charge in [0, 0.05) is 6.42 Å². The molecule has 0 aromatic carbocycles. The third kappa shape index (κ3) is 7.87. The zero-order valence-electron chi connectivity index (χ0n) is 14.1. The first kappa shape index (κ1) is 25.4. The summed E-state index contributed by atoms with van der Waals surface area (Å²) < 4.78 is 22.4. The van der Waals surface area contributed by atoms with Crippen LogP contribution in [0, 0.1) is 0 Å². The molecule has 0 spiro atoms. The number of aliphatic hydroxyl groups is 1. The molecule has 0 radical (unpaired) electrons. The maximum absolute atomic E-state index is 10.5. The summed E-state index contributed by atoms with van der Waals surface area (Å²) in [5.41, 5.74) is 6.53. The molecule has 25 heavy (non-hydrogen) atoms. The number of rotatable bonds is 9. The van der Waals surface area contributed by atoms with Crippen LogP contribution in [0.4, 0.5) is 5.82 Å². The summed E-state index contributed by atoms with van der Waals surface area (Å²) in [5.74, 6) is 0.213. The Labute approximate surface area is 188 Å². The van der Waals surface area contributed by atoms with Gasteiger partial charge in [0.05, 0.1) is 32.5 Å². The average molecular weight is 391 g/mol. The molecular weight excluding hydrogens is 375 g/mol. The molecule has 14 heteroatoms. The minimum atomic E-state index is -4.71. The van der Waals surface area contributed by atoms with Crippen molar-refractivity contribution in [1.82, 2.24) is 19.5 Å². The normalized spacial score (nSPS) is 12.4. The van der Waals surface area contributed by atoms with Gasteiger partial charge in [0.25, 0.3) is 0 Å². The summed E-state index contributed by atoms with van der Waals surface area (Å²) in [6, 6.07) is 0. The van der Waals surface area contributed by atoms with Gasteiger partial charge in [0.2, 0.25) is 0 Å². The Morgan fingerprint density at radius 3 is 2.64 bits per heavy atom. The van der Waals surface area contributed by atoms with Crippen LogP contribution in [0.25, 0.3) is 11.2 Å². The first-order valence-electron chi connectivity index (χ1n) is 6.66. The van der Waals surface area contributed by atoms with E-state index in [1.807, 2.05) is 0 Å². The van der Waals surface area contributed by atoms with Gasteiger partial charge < -0.3 is 34.7 Å². The third-order valence-corrected chi connectivity index (χ3v) is 3.36. The van der Waals surface area contributed by atoms with Gasteiger partial charge in [-0.1, -0.05) is 0 Å². The molecule has 0 saturated carbocycles. The number of aliphatic hydroxyl groups excluding tert-OH is 1. The Balaban J connectivity index is 0.00000288. The van der Waals surface area contributed by atoms with Crippen LogP contribution in [0.15, 0.2) is 12.7 Å². The van der Waals surface area contributed by atoms with Crippen LogP contribution in [0.1, 0.15) is 12.6 Å². The molecule has 2 rings (SSSR count). The van der Waals surface area contributed by atoms with E-state index in [1.54, 1.807) is 4.57 Å². The van der Waals surface area contributed by atoms with Crippen LogP contribution >= 0.6 is 7.60 Å². The number of aromatic nitrogens is 4. The summed E-state index contributed by atoms with van der Waals surface area (Å²) in [4.78, 5) is 33.1. The second-order valence-electron chi connectivity index (χ2n) is 4.57. The van der Waals surface area contributed by atoms with Crippen LogP contribution in [-0.2, 0) is 14.0 Å². The van der Waals surface area contributed by atoms with Crippen molar-refractivity contribution < 1.29 is 88.0 Å². The second kappa shape index (κ2) is 12.0. The molecule has 0 bridgehead atoms. The molecule has 0 aliphatic heterocycles. The quantitative estimate of drug-likeness (QED) is 0.238. The molecule has 2 aromatic heterocycles. The number of hydrogen-bond donors (Lipinski definition) is 2. The summed E-state index contributed by atoms with van der Waals surface area (Å²) in [6.45, 7) is -0.186. The molecule has 0 aliphatic carbocycles. The summed E-state index contributed by atoms with van der Waals surface area (Å²) in [7, 11) is -4.71. The molecule has 11 nitrogen and oxygen atoms in total. The third-order valence-electron chi connectivity index (χ3n) is 2.86. The van der Waals surface area contributed by atoms with E-state index < -0.39 is 20.2 Å². The Kier molecular flexibility index (Phi) is 12.1. The summed E-state index contributed by atoms with van der Waals surface area (Å²) in [5, 5.41) is 8.90. The van der Waals surface area contributed by atoms with Crippen LogP contribution in [-0.4, -0.2) is 50.8 Å². The van der Waals surface area contributed by atoms with E-state index in [-0.39, 0.29) is 91.2 Å². The number of fused-ring (bicyclic) bond motifs is 1. The van der Waals surface area contributed by atoms with Crippen molar-refractivity contribution in [3.63, 3.8) is 0 Å². The van der Waals surface area contributed by atoms with Gasteiger partial charge in [-0.2, -0.15) is 0 Å². The minimum absolute atomic E-state index is 0. The van der Waals surface area contributed by atoms with E-state index in [9.17, 15) is 14.4 Å². The van der Waals surface area contributed by atoms with Gasteiger partial charge in [0.1, 0.15) is 18.1 Å². The number of nitrogens with two attached hydrogens (primary N) is 1. The van der Waals surface area contributed by atoms with Crippen molar-refractivity contribution in [2.24, 2.45) is 0 Å². The number of nitrogens with zero attached hydrogens (tertiary/aromatic N) is 4. The number of ether oxygens (including phenoxy) is 2. The van der Waals surface area contributed by atoms with Gasteiger partial charge in [-0.05, 0) is 7.60 Å². The first-order chi connectivity index (χ1) is 10.9. The second-order valence-corrected chi connectivity index (χ2v) is 6.05. The smallest absolute Gasteiger partial charge is 0.809 e. The van der Waals surface area contributed by atoms with E-state index >= 15 is 0 Å². The van der Waals surface area contributed by atoms with Crippen molar-refractivity contribution in [2.75, 3.05) is 31.9 Å². The predicted octanol–water partition coefficient (Wildman–Crippen LogP) is -7.80. The fourth-order valence-electron chi connectivity index (χ4n) is 1.93. The van der Waals surface area contributed by atoms with Gasteiger partial charge in [-0.15, -0.1) is 0 Å². The van der Waals surface area contributed by atoms with Gasteiger partial charge in [0.15, 0.2) is 11.5 Å². The topological polar surface area (TPSA) is 172 Å². The van der Waals surface area contributed by atoms with Crippen LogP contribution in [0.3, 0.4) is 0 Å². The van der Waals surface area contributed by atoms with E-state index in [1.165, 1.54) is 12.7 Å². The van der Waals surface area contributed by atoms with Crippen LogP contribution in [0.2, 0.25) is 0 Å². The van der Waals surface area contributed by atoms with E-state index in [2.05, 4.69) is 15.0 Å². The molecule has 1 atom stereocenters.